The lowest BCUT2D eigenvalue weighted by molar-refractivity contribution is 0.669. The standard InChI is InChI=1S/C47H29N3O/c1-2-8-30(9-3-1)33-14-16-34(17-15-33)37-22-24-41-42-25-23-40(29-44(42)51-43(41)28-37)47-49-45(38-20-18-31-10-4-6-12-35(31)26-38)48-46(50-47)39-21-19-32-11-5-7-13-36(32)27-39/h1-29H. The predicted octanol–water partition coefficient (Wildman–Crippen LogP) is 12.4. The van der Waals surface area contributed by atoms with Crippen LogP contribution in [-0.4, -0.2) is 15.0 Å². The van der Waals surface area contributed by atoms with Crippen molar-refractivity contribution in [2.45, 2.75) is 0 Å². The number of rotatable bonds is 5. The van der Waals surface area contributed by atoms with Gasteiger partial charge in [-0.3, -0.25) is 0 Å². The van der Waals surface area contributed by atoms with Crippen LogP contribution in [0.25, 0.3) is 99.9 Å². The Balaban J connectivity index is 1.07. The summed E-state index contributed by atoms with van der Waals surface area (Å²) >= 11 is 0. The Morgan fingerprint density at radius 3 is 1.20 bits per heavy atom. The summed E-state index contributed by atoms with van der Waals surface area (Å²) in [5.41, 5.74) is 9.04. The number of hydrogen-bond acceptors (Lipinski definition) is 4. The second-order valence-electron chi connectivity index (χ2n) is 12.9. The molecule has 0 aliphatic rings. The molecule has 10 aromatic rings. The van der Waals surface area contributed by atoms with Gasteiger partial charge in [0.1, 0.15) is 11.2 Å². The van der Waals surface area contributed by atoms with Gasteiger partial charge < -0.3 is 4.42 Å². The summed E-state index contributed by atoms with van der Waals surface area (Å²) in [4.78, 5) is 15.1. The predicted molar refractivity (Wildman–Crippen MR) is 209 cm³/mol. The molecule has 4 nitrogen and oxygen atoms in total. The molecular weight excluding hydrogens is 623 g/mol. The summed E-state index contributed by atoms with van der Waals surface area (Å²) < 4.78 is 6.52. The van der Waals surface area contributed by atoms with E-state index in [1.54, 1.807) is 0 Å². The molecule has 10 rings (SSSR count). The molecule has 0 saturated heterocycles. The summed E-state index contributed by atoms with van der Waals surface area (Å²) in [7, 11) is 0. The van der Waals surface area contributed by atoms with Crippen molar-refractivity contribution in [3.63, 3.8) is 0 Å². The number of benzene rings is 8. The first kappa shape index (κ1) is 29.0. The Morgan fingerprint density at radius 2 is 0.647 bits per heavy atom. The smallest absolute Gasteiger partial charge is 0.164 e. The highest BCUT2D eigenvalue weighted by Gasteiger charge is 2.16. The molecule has 8 aromatic carbocycles. The maximum atomic E-state index is 6.52. The minimum Gasteiger partial charge on any atom is -0.456 e. The Hall–Kier alpha value is -6.91. The van der Waals surface area contributed by atoms with Crippen molar-refractivity contribution in [2.75, 3.05) is 0 Å². The van der Waals surface area contributed by atoms with Crippen LogP contribution in [0.15, 0.2) is 180 Å². The fraction of sp³-hybridized carbons (Fsp3) is 0. The van der Waals surface area contributed by atoms with Crippen molar-refractivity contribution >= 4 is 43.5 Å². The van der Waals surface area contributed by atoms with Crippen LogP contribution in [0.1, 0.15) is 0 Å². The molecule has 0 aliphatic heterocycles. The Labute approximate surface area is 294 Å². The highest BCUT2D eigenvalue weighted by molar-refractivity contribution is 6.07. The van der Waals surface area contributed by atoms with E-state index < -0.39 is 0 Å². The molecule has 0 saturated carbocycles. The first-order valence-electron chi connectivity index (χ1n) is 17.1. The Kier molecular flexibility index (Phi) is 6.78. The van der Waals surface area contributed by atoms with Crippen LogP contribution in [0, 0.1) is 0 Å². The quantitative estimate of drug-likeness (QED) is 0.186. The van der Waals surface area contributed by atoms with E-state index in [0.29, 0.717) is 17.5 Å². The Bertz CT molecular complexity index is 2810. The zero-order valence-electron chi connectivity index (χ0n) is 27.5. The molecule has 0 bridgehead atoms. The lowest BCUT2D eigenvalue weighted by Crippen LogP contribution is -2.00. The molecule has 4 heteroatoms. The van der Waals surface area contributed by atoms with Gasteiger partial charge in [0.05, 0.1) is 0 Å². The monoisotopic (exact) mass is 651 g/mol. The van der Waals surface area contributed by atoms with Gasteiger partial charge in [0, 0.05) is 27.5 Å². The van der Waals surface area contributed by atoms with E-state index in [1.807, 2.05) is 12.1 Å². The van der Waals surface area contributed by atoms with Crippen LogP contribution in [0.2, 0.25) is 0 Å². The SMILES string of the molecule is c1ccc(-c2ccc(-c3ccc4c(c3)oc3cc(-c5nc(-c6ccc7ccccc7c6)nc(-c6ccc7ccccc7c6)n5)ccc34)cc2)cc1. The van der Waals surface area contributed by atoms with Gasteiger partial charge in [-0.05, 0) is 80.2 Å². The minimum atomic E-state index is 0.595. The van der Waals surface area contributed by atoms with Gasteiger partial charge in [0.25, 0.3) is 0 Å². The molecule has 2 heterocycles. The molecule has 238 valence electrons. The van der Waals surface area contributed by atoms with Crippen molar-refractivity contribution in [1.82, 2.24) is 15.0 Å². The largest absolute Gasteiger partial charge is 0.456 e. The van der Waals surface area contributed by atoms with Crippen molar-refractivity contribution in [1.29, 1.82) is 0 Å². The van der Waals surface area contributed by atoms with E-state index in [-0.39, 0.29) is 0 Å². The number of hydrogen-bond donors (Lipinski definition) is 0. The third-order valence-corrected chi connectivity index (χ3v) is 9.71. The van der Waals surface area contributed by atoms with E-state index in [2.05, 4.69) is 164 Å². The fourth-order valence-electron chi connectivity index (χ4n) is 7.00. The molecule has 0 unspecified atom stereocenters. The zero-order chi connectivity index (χ0) is 33.7. The maximum Gasteiger partial charge on any atom is 0.164 e. The first-order chi connectivity index (χ1) is 25.2. The molecule has 0 spiro atoms. The lowest BCUT2D eigenvalue weighted by Gasteiger charge is -2.10. The molecule has 2 aromatic heterocycles. The second kappa shape index (κ2) is 11.9. The summed E-state index contributed by atoms with van der Waals surface area (Å²) in [5.74, 6) is 1.85. The normalized spacial score (nSPS) is 11.5. The molecule has 0 fully saturated rings. The van der Waals surface area contributed by atoms with Gasteiger partial charge in [-0.25, -0.2) is 15.0 Å². The third kappa shape index (κ3) is 5.31. The average molecular weight is 652 g/mol. The summed E-state index contributed by atoms with van der Waals surface area (Å²) in [6.07, 6.45) is 0. The van der Waals surface area contributed by atoms with Crippen LogP contribution >= 0.6 is 0 Å². The Morgan fingerprint density at radius 1 is 0.275 bits per heavy atom. The summed E-state index contributed by atoms with van der Waals surface area (Å²) in [6.45, 7) is 0. The molecule has 0 aliphatic carbocycles. The number of aromatic nitrogens is 3. The van der Waals surface area contributed by atoms with E-state index in [4.69, 9.17) is 19.4 Å². The van der Waals surface area contributed by atoms with Gasteiger partial charge in [-0.15, -0.1) is 0 Å². The molecule has 0 radical (unpaired) electrons. The molecule has 51 heavy (non-hydrogen) atoms. The van der Waals surface area contributed by atoms with E-state index in [9.17, 15) is 0 Å². The van der Waals surface area contributed by atoms with Crippen molar-refractivity contribution in [2.24, 2.45) is 0 Å². The van der Waals surface area contributed by atoms with Gasteiger partial charge in [-0.1, -0.05) is 140 Å². The van der Waals surface area contributed by atoms with E-state index >= 15 is 0 Å². The highest BCUT2D eigenvalue weighted by atomic mass is 16.3. The summed E-state index contributed by atoms with van der Waals surface area (Å²) in [6, 6.07) is 61.2. The zero-order valence-corrected chi connectivity index (χ0v) is 27.5. The molecular formula is C47H29N3O. The first-order valence-corrected chi connectivity index (χ1v) is 17.1. The number of furan rings is 1. The van der Waals surface area contributed by atoms with Crippen LogP contribution in [-0.2, 0) is 0 Å². The molecule has 0 amide bonds. The topological polar surface area (TPSA) is 51.8 Å². The van der Waals surface area contributed by atoms with Crippen molar-refractivity contribution in [3.8, 4) is 56.4 Å². The molecule has 0 N–H and O–H groups in total. The number of fused-ring (bicyclic) bond motifs is 5. The van der Waals surface area contributed by atoms with Crippen molar-refractivity contribution < 1.29 is 4.42 Å². The summed E-state index contributed by atoms with van der Waals surface area (Å²) in [5, 5.41) is 6.75. The van der Waals surface area contributed by atoms with Crippen LogP contribution in [0.3, 0.4) is 0 Å². The maximum absolute atomic E-state index is 6.52. The lowest BCUT2D eigenvalue weighted by atomic mass is 9.99. The van der Waals surface area contributed by atoms with Gasteiger partial charge >= 0.3 is 0 Å². The molecule has 0 atom stereocenters. The van der Waals surface area contributed by atoms with Gasteiger partial charge in [0.2, 0.25) is 0 Å². The van der Waals surface area contributed by atoms with Crippen LogP contribution in [0.4, 0.5) is 0 Å². The number of nitrogens with zero attached hydrogens (tertiary/aromatic N) is 3. The van der Waals surface area contributed by atoms with Gasteiger partial charge in [-0.2, -0.15) is 0 Å². The van der Waals surface area contributed by atoms with Gasteiger partial charge in [0.15, 0.2) is 17.5 Å². The van der Waals surface area contributed by atoms with Crippen molar-refractivity contribution in [3.05, 3.63) is 176 Å². The van der Waals surface area contributed by atoms with E-state index in [1.165, 1.54) is 21.9 Å². The minimum absolute atomic E-state index is 0.595. The highest BCUT2D eigenvalue weighted by Crippen LogP contribution is 2.36. The van der Waals surface area contributed by atoms with Crippen LogP contribution in [0.5, 0.6) is 0 Å². The van der Waals surface area contributed by atoms with Crippen LogP contribution < -0.4 is 0 Å². The second-order valence-corrected chi connectivity index (χ2v) is 12.9. The van der Waals surface area contributed by atoms with E-state index in [0.717, 1.165) is 60.5 Å². The fourth-order valence-corrected chi connectivity index (χ4v) is 7.00. The average Bonchev–Trinajstić information content (AvgIpc) is 3.58. The third-order valence-electron chi connectivity index (χ3n) is 9.71.